The molecule has 1 aromatic carbocycles. The van der Waals surface area contributed by atoms with Crippen LogP contribution >= 0.6 is 0 Å². The van der Waals surface area contributed by atoms with Crippen molar-refractivity contribution < 1.29 is 19.1 Å². The normalized spacial score (nSPS) is 23.4. The number of rotatable bonds is 4. The summed E-state index contributed by atoms with van der Waals surface area (Å²) in [6, 6.07) is 8.33. The highest BCUT2D eigenvalue weighted by Crippen LogP contribution is 2.43. The van der Waals surface area contributed by atoms with Gasteiger partial charge in [0.1, 0.15) is 5.92 Å². The third-order valence-electron chi connectivity index (χ3n) is 5.51. The van der Waals surface area contributed by atoms with E-state index in [1.807, 2.05) is 0 Å². The average molecular weight is 354 g/mol. The van der Waals surface area contributed by atoms with Crippen LogP contribution in [0.4, 0.5) is 0 Å². The standard InChI is InChI=1S/C20H22N2O4/c1-21-20(19(25)26-2,14-9-5-3-6-10-14)16-13-17(23)22(18(16)24)15-11-7-4-8-12-15/h3,5-6,9-10,15-16H,4,7-8,11-13H2,2H3/t16-,20+/m0/s1. The van der Waals surface area contributed by atoms with Crippen LogP contribution in [-0.4, -0.2) is 35.8 Å². The number of benzene rings is 1. The van der Waals surface area contributed by atoms with Gasteiger partial charge in [-0.1, -0.05) is 49.6 Å². The van der Waals surface area contributed by atoms with Crippen LogP contribution in [0, 0.1) is 12.5 Å². The van der Waals surface area contributed by atoms with Crippen LogP contribution in [0.1, 0.15) is 44.1 Å². The van der Waals surface area contributed by atoms with Gasteiger partial charge in [-0.05, 0) is 12.8 Å². The lowest BCUT2D eigenvalue weighted by Gasteiger charge is -2.30. The van der Waals surface area contributed by atoms with E-state index in [-0.39, 0.29) is 18.4 Å². The average Bonchev–Trinajstić information content (AvgIpc) is 2.98. The summed E-state index contributed by atoms with van der Waals surface area (Å²) in [7, 11) is 1.20. The summed E-state index contributed by atoms with van der Waals surface area (Å²) in [6.07, 6.45) is 4.51. The monoisotopic (exact) mass is 354 g/mol. The molecule has 2 aliphatic rings. The second kappa shape index (κ2) is 7.28. The van der Waals surface area contributed by atoms with Gasteiger partial charge in [0, 0.05) is 18.0 Å². The lowest BCUT2D eigenvalue weighted by Crippen LogP contribution is -2.47. The number of amides is 2. The molecule has 6 nitrogen and oxygen atoms in total. The summed E-state index contributed by atoms with van der Waals surface area (Å²) < 4.78 is 4.90. The summed E-state index contributed by atoms with van der Waals surface area (Å²) in [5, 5.41) is 0. The van der Waals surface area contributed by atoms with Gasteiger partial charge >= 0.3 is 11.5 Å². The summed E-state index contributed by atoms with van der Waals surface area (Å²) in [6.45, 7) is 7.75. The minimum absolute atomic E-state index is 0.120. The topological polar surface area (TPSA) is 68.0 Å². The quantitative estimate of drug-likeness (QED) is 0.474. The summed E-state index contributed by atoms with van der Waals surface area (Å²) in [5.74, 6) is -2.56. The molecule has 6 heteroatoms. The zero-order valence-electron chi connectivity index (χ0n) is 14.8. The molecule has 1 saturated heterocycles. The van der Waals surface area contributed by atoms with Crippen molar-refractivity contribution in [1.82, 2.24) is 4.90 Å². The van der Waals surface area contributed by atoms with E-state index in [0.717, 1.165) is 32.1 Å². The van der Waals surface area contributed by atoms with Crippen LogP contribution in [0.5, 0.6) is 0 Å². The van der Waals surface area contributed by atoms with Crippen LogP contribution in [-0.2, 0) is 24.7 Å². The van der Waals surface area contributed by atoms with Gasteiger partial charge in [0.25, 0.3) is 0 Å². The van der Waals surface area contributed by atoms with Crippen molar-refractivity contribution >= 4 is 17.8 Å². The van der Waals surface area contributed by atoms with Crippen LogP contribution in [0.2, 0.25) is 0 Å². The number of esters is 1. The smallest absolute Gasteiger partial charge is 0.399 e. The van der Waals surface area contributed by atoms with Gasteiger partial charge in [-0.25, -0.2) is 11.4 Å². The Morgan fingerprint density at radius 1 is 1.19 bits per heavy atom. The van der Waals surface area contributed by atoms with E-state index in [1.165, 1.54) is 12.0 Å². The third-order valence-corrected chi connectivity index (χ3v) is 5.51. The molecular weight excluding hydrogens is 332 g/mol. The molecule has 0 radical (unpaired) electrons. The van der Waals surface area contributed by atoms with Gasteiger partial charge < -0.3 is 4.74 Å². The Labute approximate surface area is 152 Å². The number of imide groups is 1. The molecule has 0 bridgehead atoms. The summed E-state index contributed by atoms with van der Waals surface area (Å²) in [5.41, 5.74) is -1.44. The highest BCUT2D eigenvalue weighted by atomic mass is 16.5. The van der Waals surface area contributed by atoms with Crippen LogP contribution in [0.3, 0.4) is 0 Å². The lowest BCUT2D eigenvalue weighted by atomic mass is 9.77. The van der Waals surface area contributed by atoms with Crippen molar-refractivity contribution in [2.75, 3.05) is 7.11 Å². The number of nitrogens with zero attached hydrogens (tertiary/aromatic N) is 2. The Morgan fingerprint density at radius 2 is 1.85 bits per heavy atom. The first-order valence-electron chi connectivity index (χ1n) is 8.94. The Morgan fingerprint density at radius 3 is 2.42 bits per heavy atom. The molecule has 3 rings (SSSR count). The predicted molar refractivity (Wildman–Crippen MR) is 93.6 cm³/mol. The molecule has 0 spiro atoms. The van der Waals surface area contributed by atoms with E-state index in [0.29, 0.717) is 5.56 Å². The fourth-order valence-corrected chi connectivity index (χ4v) is 4.20. The first kappa shape index (κ1) is 18.1. The molecule has 1 heterocycles. The van der Waals surface area contributed by atoms with Crippen molar-refractivity contribution in [1.29, 1.82) is 0 Å². The molecule has 2 amide bonds. The van der Waals surface area contributed by atoms with Gasteiger partial charge in [-0.15, -0.1) is 0 Å². The van der Waals surface area contributed by atoms with Crippen LogP contribution in [0.15, 0.2) is 30.3 Å². The fourth-order valence-electron chi connectivity index (χ4n) is 4.20. The maximum Gasteiger partial charge on any atom is 0.399 e. The highest BCUT2D eigenvalue weighted by Gasteiger charge is 2.64. The van der Waals surface area contributed by atoms with E-state index in [1.54, 1.807) is 30.3 Å². The number of carbonyl (C=O) groups is 3. The second-order valence-electron chi connectivity index (χ2n) is 6.89. The molecule has 2 atom stereocenters. The Bertz CT molecular complexity index is 749. The fraction of sp³-hybridized carbons (Fsp3) is 0.500. The van der Waals surface area contributed by atoms with Gasteiger partial charge in [-0.2, -0.15) is 0 Å². The van der Waals surface area contributed by atoms with Gasteiger partial charge in [0.2, 0.25) is 11.8 Å². The molecule has 1 saturated carbocycles. The van der Waals surface area contributed by atoms with Gasteiger partial charge in [0.15, 0.2) is 0 Å². The summed E-state index contributed by atoms with van der Waals surface area (Å²) >= 11 is 0. The number of hydrogen-bond acceptors (Lipinski definition) is 4. The van der Waals surface area contributed by atoms with Crippen molar-refractivity contribution in [3.63, 3.8) is 0 Å². The Balaban J connectivity index is 2.03. The third kappa shape index (κ3) is 2.78. The highest BCUT2D eigenvalue weighted by molar-refractivity contribution is 6.07. The maximum absolute atomic E-state index is 13.2. The zero-order chi connectivity index (χ0) is 18.7. The Hall–Kier alpha value is -2.68. The molecule has 1 aliphatic carbocycles. The van der Waals surface area contributed by atoms with Gasteiger partial charge in [-0.3, -0.25) is 19.3 Å². The molecule has 1 aromatic rings. The van der Waals surface area contributed by atoms with Crippen LogP contribution in [0.25, 0.3) is 4.85 Å². The molecule has 0 N–H and O–H groups in total. The number of methoxy groups -OCH3 is 1. The number of hydrogen-bond donors (Lipinski definition) is 0. The van der Waals surface area contributed by atoms with Crippen LogP contribution < -0.4 is 0 Å². The van der Waals surface area contributed by atoms with Gasteiger partial charge in [0.05, 0.1) is 7.11 Å². The molecule has 1 aliphatic heterocycles. The maximum atomic E-state index is 13.2. The van der Waals surface area contributed by atoms with Crippen molar-refractivity contribution in [3.8, 4) is 0 Å². The number of carbonyl (C=O) groups excluding carboxylic acids is 3. The first-order chi connectivity index (χ1) is 12.6. The van der Waals surface area contributed by atoms with Crippen molar-refractivity contribution in [3.05, 3.63) is 47.3 Å². The molecule has 136 valence electrons. The largest absolute Gasteiger partial charge is 0.463 e. The molecule has 2 fully saturated rings. The zero-order valence-corrected chi connectivity index (χ0v) is 14.8. The molecule has 0 aromatic heterocycles. The van der Waals surface area contributed by atoms with E-state index >= 15 is 0 Å². The number of ether oxygens (including phenoxy) is 1. The lowest BCUT2D eigenvalue weighted by molar-refractivity contribution is -0.152. The predicted octanol–water partition coefficient (Wildman–Crippen LogP) is 2.68. The molecule has 0 unspecified atom stereocenters. The summed E-state index contributed by atoms with van der Waals surface area (Å²) in [4.78, 5) is 43.4. The van der Waals surface area contributed by atoms with E-state index in [2.05, 4.69) is 4.85 Å². The molecular formula is C20H22N2O4. The minimum atomic E-state index is -1.83. The minimum Gasteiger partial charge on any atom is -0.463 e. The SMILES string of the molecule is [C-]#[N+][C@](C(=O)OC)(c1ccccc1)[C@H]1CC(=O)N(C2CCCCC2)C1=O. The van der Waals surface area contributed by atoms with E-state index < -0.39 is 23.3 Å². The Kier molecular flexibility index (Phi) is 5.08. The van der Waals surface area contributed by atoms with E-state index in [9.17, 15) is 14.4 Å². The van der Waals surface area contributed by atoms with Crippen molar-refractivity contribution in [2.45, 2.75) is 50.1 Å². The second-order valence-corrected chi connectivity index (χ2v) is 6.89. The van der Waals surface area contributed by atoms with E-state index in [4.69, 9.17) is 11.3 Å². The number of likely N-dealkylation sites (tertiary alicyclic amines) is 1. The van der Waals surface area contributed by atoms with Crippen molar-refractivity contribution in [2.24, 2.45) is 5.92 Å². The first-order valence-corrected chi connectivity index (χ1v) is 8.94. The molecule has 26 heavy (non-hydrogen) atoms.